The molecular weight excluding hydrogens is 354 g/mol. The Kier molecular flexibility index (Phi) is 4.48. The Morgan fingerprint density at radius 1 is 0.724 bits per heavy atom. The molecule has 0 saturated heterocycles. The Morgan fingerprint density at radius 3 is 2.34 bits per heavy atom. The minimum Gasteiger partial charge on any atom is -0.445 e. The number of furan rings is 1. The van der Waals surface area contributed by atoms with Gasteiger partial charge in [0.25, 0.3) is 0 Å². The topological polar surface area (TPSA) is 16.4 Å². The molecular formula is C27H25NO. The van der Waals surface area contributed by atoms with Gasteiger partial charge in [-0.1, -0.05) is 66.2 Å². The van der Waals surface area contributed by atoms with Crippen LogP contribution in [0.3, 0.4) is 0 Å². The van der Waals surface area contributed by atoms with Gasteiger partial charge in [-0.15, -0.1) is 0 Å². The van der Waals surface area contributed by atoms with E-state index in [-0.39, 0.29) is 0 Å². The number of para-hydroxylation sites is 1. The van der Waals surface area contributed by atoms with Crippen LogP contribution >= 0.6 is 0 Å². The molecule has 144 valence electrons. The Bertz CT molecular complexity index is 1160. The highest BCUT2D eigenvalue weighted by molar-refractivity contribution is 5.88. The van der Waals surface area contributed by atoms with Crippen LogP contribution in [0.2, 0.25) is 0 Å². The summed E-state index contributed by atoms with van der Waals surface area (Å²) in [6.45, 7) is 4.21. The molecule has 2 nitrogen and oxygen atoms in total. The molecule has 0 amide bonds. The van der Waals surface area contributed by atoms with Gasteiger partial charge in [0.05, 0.1) is 11.4 Å². The van der Waals surface area contributed by atoms with E-state index in [1.54, 1.807) is 0 Å². The van der Waals surface area contributed by atoms with Crippen LogP contribution < -0.4 is 4.90 Å². The summed E-state index contributed by atoms with van der Waals surface area (Å²) in [7, 11) is 0. The van der Waals surface area contributed by atoms with E-state index in [2.05, 4.69) is 90.7 Å². The van der Waals surface area contributed by atoms with E-state index >= 15 is 0 Å². The van der Waals surface area contributed by atoms with E-state index in [1.165, 1.54) is 33.5 Å². The summed E-state index contributed by atoms with van der Waals surface area (Å²) in [5, 5.41) is 0. The average Bonchev–Trinajstić information content (AvgIpc) is 3.09. The molecule has 4 aromatic rings. The second-order valence-electron chi connectivity index (χ2n) is 7.89. The van der Waals surface area contributed by atoms with Crippen molar-refractivity contribution in [1.29, 1.82) is 0 Å². The normalized spacial score (nSPS) is 13.4. The van der Waals surface area contributed by atoms with E-state index in [9.17, 15) is 0 Å². The summed E-state index contributed by atoms with van der Waals surface area (Å²) in [6, 6.07) is 28.2. The van der Waals surface area contributed by atoms with Crippen LogP contribution in [0.4, 0.5) is 17.3 Å². The maximum atomic E-state index is 6.31. The first-order chi connectivity index (χ1) is 14.2. The number of hydrogen-bond acceptors (Lipinski definition) is 2. The zero-order valence-corrected chi connectivity index (χ0v) is 17.0. The van der Waals surface area contributed by atoms with Crippen LogP contribution in [-0.2, 0) is 12.8 Å². The quantitative estimate of drug-likeness (QED) is 0.358. The molecule has 0 spiro atoms. The SMILES string of the molecule is Cc1ccc2c(c1)CCCc1cc(C)oc1N2c1ccccc1-c1ccccc1. The summed E-state index contributed by atoms with van der Waals surface area (Å²) in [4.78, 5) is 2.33. The molecule has 3 aromatic carbocycles. The number of benzene rings is 3. The first-order valence-electron chi connectivity index (χ1n) is 10.3. The first-order valence-corrected chi connectivity index (χ1v) is 10.3. The minimum absolute atomic E-state index is 0.954. The van der Waals surface area contributed by atoms with Crippen LogP contribution in [-0.4, -0.2) is 0 Å². The molecule has 0 atom stereocenters. The van der Waals surface area contributed by atoms with Gasteiger partial charge in [-0.05, 0) is 62.4 Å². The zero-order valence-electron chi connectivity index (χ0n) is 17.0. The number of anilines is 3. The third kappa shape index (κ3) is 3.25. The van der Waals surface area contributed by atoms with Crippen molar-refractivity contribution < 1.29 is 4.42 Å². The van der Waals surface area contributed by atoms with Crippen molar-refractivity contribution in [2.45, 2.75) is 33.1 Å². The zero-order chi connectivity index (χ0) is 19.8. The highest BCUT2D eigenvalue weighted by atomic mass is 16.4. The van der Waals surface area contributed by atoms with Crippen LogP contribution in [0.25, 0.3) is 11.1 Å². The molecule has 29 heavy (non-hydrogen) atoms. The van der Waals surface area contributed by atoms with Crippen molar-refractivity contribution in [3.63, 3.8) is 0 Å². The molecule has 1 aromatic heterocycles. The van der Waals surface area contributed by atoms with E-state index in [4.69, 9.17) is 4.42 Å². The second-order valence-corrected chi connectivity index (χ2v) is 7.89. The summed E-state index contributed by atoms with van der Waals surface area (Å²) in [5.41, 5.74) is 8.76. The van der Waals surface area contributed by atoms with Gasteiger partial charge in [0.15, 0.2) is 0 Å². The van der Waals surface area contributed by atoms with Crippen molar-refractivity contribution in [1.82, 2.24) is 0 Å². The minimum atomic E-state index is 0.954. The van der Waals surface area contributed by atoms with E-state index in [1.807, 2.05) is 6.92 Å². The lowest BCUT2D eigenvalue weighted by Gasteiger charge is -2.30. The molecule has 1 aliphatic heterocycles. The van der Waals surface area contributed by atoms with E-state index in [0.717, 1.165) is 36.6 Å². The van der Waals surface area contributed by atoms with Crippen LogP contribution in [0.5, 0.6) is 0 Å². The lowest BCUT2D eigenvalue weighted by molar-refractivity contribution is 0.537. The predicted octanol–water partition coefficient (Wildman–Crippen LogP) is 7.52. The molecule has 0 bridgehead atoms. The number of hydrogen-bond donors (Lipinski definition) is 0. The molecule has 0 N–H and O–H groups in total. The highest BCUT2D eigenvalue weighted by Gasteiger charge is 2.26. The molecule has 0 aliphatic carbocycles. The van der Waals surface area contributed by atoms with Gasteiger partial charge in [-0.2, -0.15) is 0 Å². The van der Waals surface area contributed by atoms with Gasteiger partial charge in [-0.25, -0.2) is 0 Å². The summed E-state index contributed by atoms with van der Waals surface area (Å²) >= 11 is 0. The van der Waals surface area contributed by atoms with Crippen LogP contribution in [0.1, 0.15) is 28.9 Å². The van der Waals surface area contributed by atoms with Crippen molar-refractivity contribution in [2.75, 3.05) is 4.90 Å². The van der Waals surface area contributed by atoms with Gasteiger partial charge in [0, 0.05) is 11.1 Å². The fourth-order valence-electron chi connectivity index (χ4n) is 4.40. The van der Waals surface area contributed by atoms with E-state index in [0.29, 0.717) is 0 Å². The molecule has 0 saturated carbocycles. The van der Waals surface area contributed by atoms with Gasteiger partial charge in [0.2, 0.25) is 5.88 Å². The lowest BCUT2D eigenvalue weighted by Crippen LogP contribution is -2.16. The fraction of sp³-hybridized carbons (Fsp3) is 0.185. The first kappa shape index (κ1) is 17.8. The Morgan fingerprint density at radius 2 is 1.48 bits per heavy atom. The average molecular weight is 380 g/mol. The number of rotatable bonds is 2. The highest BCUT2D eigenvalue weighted by Crippen LogP contribution is 2.45. The molecule has 0 radical (unpaired) electrons. The van der Waals surface area contributed by atoms with E-state index < -0.39 is 0 Å². The smallest absolute Gasteiger partial charge is 0.207 e. The van der Waals surface area contributed by atoms with Crippen molar-refractivity contribution >= 4 is 17.3 Å². The Labute approximate surface area is 172 Å². The maximum absolute atomic E-state index is 6.31. The molecule has 0 unspecified atom stereocenters. The van der Waals surface area contributed by atoms with Crippen molar-refractivity contribution in [3.05, 3.63) is 101 Å². The maximum Gasteiger partial charge on any atom is 0.207 e. The van der Waals surface area contributed by atoms with Gasteiger partial charge in [0.1, 0.15) is 5.76 Å². The van der Waals surface area contributed by atoms with Gasteiger partial charge < -0.3 is 4.42 Å². The van der Waals surface area contributed by atoms with Crippen molar-refractivity contribution in [2.24, 2.45) is 0 Å². The molecule has 2 heteroatoms. The van der Waals surface area contributed by atoms with Gasteiger partial charge in [-0.3, -0.25) is 4.90 Å². The summed E-state index contributed by atoms with van der Waals surface area (Å²) < 4.78 is 6.31. The molecule has 0 fully saturated rings. The Hall–Kier alpha value is -3.26. The number of fused-ring (bicyclic) bond motifs is 2. The van der Waals surface area contributed by atoms with Crippen LogP contribution in [0, 0.1) is 13.8 Å². The summed E-state index contributed by atoms with van der Waals surface area (Å²) in [6.07, 6.45) is 3.24. The second kappa shape index (κ2) is 7.29. The third-order valence-electron chi connectivity index (χ3n) is 5.71. The molecule has 2 heterocycles. The fourth-order valence-corrected chi connectivity index (χ4v) is 4.40. The lowest BCUT2D eigenvalue weighted by atomic mass is 9.96. The monoisotopic (exact) mass is 379 g/mol. The van der Waals surface area contributed by atoms with Crippen molar-refractivity contribution in [3.8, 4) is 11.1 Å². The predicted molar refractivity (Wildman–Crippen MR) is 120 cm³/mol. The number of nitrogens with zero attached hydrogens (tertiary/aromatic N) is 1. The van der Waals surface area contributed by atoms with Crippen LogP contribution in [0.15, 0.2) is 83.3 Å². The third-order valence-corrected chi connectivity index (χ3v) is 5.71. The summed E-state index contributed by atoms with van der Waals surface area (Å²) in [5.74, 6) is 1.92. The standard InChI is InChI=1S/C27H25NO/c1-19-15-16-25-22(17-19)11-8-12-23-18-20(2)29-27(23)28(25)26-14-7-6-13-24(26)21-9-4-3-5-10-21/h3-7,9-10,13-18H,8,11-12H2,1-2H3. The largest absolute Gasteiger partial charge is 0.445 e. The molecule has 1 aliphatic rings. The Balaban J connectivity index is 1.79. The molecule has 5 rings (SSSR count). The number of aryl methyl sites for hydroxylation is 4. The van der Waals surface area contributed by atoms with Gasteiger partial charge >= 0.3 is 0 Å².